The molecule has 0 aromatic heterocycles. The van der Waals surface area contributed by atoms with Crippen LogP contribution in [0.1, 0.15) is 30.0 Å². The SMILES string of the molecule is NNC(c1cccc(OC2CC2)c1)c1cc(Br)ccc1I. The summed E-state index contributed by atoms with van der Waals surface area (Å²) in [5.41, 5.74) is 5.17. The Morgan fingerprint density at radius 3 is 2.76 bits per heavy atom. The van der Waals surface area contributed by atoms with Crippen LogP contribution >= 0.6 is 38.5 Å². The Morgan fingerprint density at radius 1 is 1.24 bits per heavy atom. The average Bonchev–Trinajstić information content (AvgIpc) is 3.28. The number of benzene rings is 2. The van der Waals surface area contributed by atoms with Crippen LogP contribution in [0.5, 0.6) is 5.75 Å². The molecule has 0 heterocycles. The van der Waals surface area contributed by atoms with E-state index in [1.807, 2.05) is 18.2 Å². The molecule has 1 aliphatic rings. The van der Waals surface area contributed by atoms with Gasteiger partial charge in [0.1, 0.15) is 5.75 Å². The fraction of sp³-hybridized carbons (Fsp3) is 0.250. The van der Waals surface area contributed by atoms with E-state index in [0.717, 1.165) is 34.2 Å². The molecule has 0 amide bonds. The van der Waals surface area contributed by atoms with E-state index in [9.17, 15) is 0 Å². The first-order chi connectivity index (χ1) is 10.2. The molecule has 5 heteroatoms. The summed E-state index contributed by atoms with van der Waals surface area (Å²) >= 11 is 5.86. The zero-order chi connectivity index (χ0) is 14.8. The van der Waals surface area contributed by atoms with Crippen LogP contribution in [0.4, 0.5) is 0 Å². The molecule has 1 saturated carbocycles. The third kappa shape index (κ3) is 3.77. The molecule has 0 spiro atoms. The molecule has 0 aliphatic heterocycles. The number of ether oxygens (including phenoxy) is 1. The molecule has 3 N–H and O–H groups in total. The minimum atomic E-state index is -0.0582. The van der Waals surface area contributed by atoms with Gasteiger partial charge in [-0.05, 0) is 76.9 Å². The van der Waals surface area contributed by atoms with Crippen molar-refractivity contribution >= 4 is 38.5 Å². The second-order valence-corrected chi connectivity index (χ2v) is 7.23. The van der Waals surface area contributed by atoms with Gasteiger partial charge in [-0.25, -0.2) is 5.43 Å². The summed E-state index contributed by atoms with van der Waals surface area (Å²) in [4.78, 5) is 0. The molecule has 1 unspecified atom stereocenters. The van der Waals surface area contributed by atoms with E-state index in [4.69, 9.17) is 10.6 Å². The highest BCUT2D eigenvalue weighted by atomic mass is 127. The Balaban J connectivity index is 1.93. The fourth-order valence-electron chi connectivity index (χ4n) is 2.25. The first kappa shape index (κ1) is 15.3. The Morgan fingerprint density at radius 2 is 2.05 bits per heavy atom. The first-order valence-electron chi connectivity index (χ1n) is 6.85. The summed E-state index contributed by atoms with van der Waals surface area (Å²) in [7, 11) is 0. The molecule has 1 atom stereocenters. The largest absolute Gasteiger partial charge is 0.490 e. The summed E-state index contributed by atoms with van der Waals surface area (Å²) < 4.78 is 8.09. The predicted molar refractivity (Wildman–Crippen MR) is 96.1 cm³/mol. The van der Waals surface area contributed by atoms with E-state index in [0.29, 0.717) is 6.10 Å². The van der Waals surface area contributed by atoms with Gasteiger partial charge >= 0.3 is 0 Å². The van der Waals surface area contributed by atoms with Gasteiger partial charge in [0.25, 0.3) is 0 Å². The highest BCUT2D eigenvalue weighted by molar-refractivity contribution is 14.1. The van der Waals surface area contributed by atoms with Gasteiger partial charge in [0.05, 0.1) is 12.1 Å². The average molecular weight is 459 g/mol. The standard InChI is InChI=1S/C16H16BrIN2O/c17-11-4-7-15(18)14(9-11)16(20-19)10-2-1-3-13(8-10)21-12-5-6-12/h1-4,7-9,12,16,20H,5-6,19H2. The second kappa shape index (κ2) is 6.64. The molecule has 1 aliphatic carbocycles. The number of nitrogens with one attached hydrogen (secondary N) is 1. The summed E-state index contributed by atoms with van der Waals surface area (Å²) in [5, 5.41) is 0. The lowest BCUT2D eigenvalue weighted by atomic mass is 9.99. The lowest BCUT2D eigenvalue weighted by Crippen LogP contribution is -2.29. The van der Waals surface area contributed by atoms with E-state index < -0.39 is 0 Å². The molecular formula is C16H16BrIN2O. The van der Waals surface area contributed by atoms with Crippen molar-refractivity contribution in [2.75, 3.05) is 0 Å². The topological polar surface area (TPSA) is 47.3 Å². The van der Waals surface area contributed by atoms with Crippen LogP contribution in [0.2, 0.25) is 0 Å². The van der Waals surface area contributed by atoms with Crippen molar-refractivity contribution in [3.8, 4) is 5.75 Å². The van der Waals surface area contributed by atoms with E-state index in [2.05, 4.69) is 68.2 Å². The molecule has 3 rings (SSSR count). The van der Waals surface area contributed by atoms with Gasteiger partial charge in [-0.3, -0.25) is 5.84 Å². The Bertz CT molecular complexity index is 646. The minimum Gasteiger partial charge on any atom is -0.490 e. The molecule has 1 fully saturated rings. The fourth-order valence-corrected chi connectivity index (χ4v) is 3.27. The van der Waals surface area contributed by atoms with Gasteiger partial charge < -0.3 is 4.74 Å². The summed E-state index contributed by atoms with van der Waals surface area (Å²) in [6.07, 6.45) is 2.72. The lowest BCUT2D eigenvalue weighted by Gasteiger charge is -2.19. The molecule has 2 aromatic rings. The maximum atomic E-state index is 5.87. The molecule has 110 valence electrons. The van der Waals surface area contributed by atoms with Gasteiger partial charge in [-0.1, -0.05) is 28.1 Å². The van der Waals surface area contributed by atoms with Crippen LogP contribution < -0.4 is 16.0 Å². The van der Waals surface area contributed by atoms with Gasteiger partial charge in [0, 0.05) is 8.04 Å². The van der Waals surface area contributed by atoms with Crippen molar-refractivity contribution < 1.29 is 4.74 Å². The monoisotopic (exact) mass is 458 g/mol. The van der Waals surface area contributed by atoms with Crippen LogP contribution in [-0.2, 0) is 0 Å². The number of halogens is 2. The quantitative estimate of drug-likeness (QED) is 0.402. The number of rotatable bonds is 5. The zero-order valence-corrected chi connectivity index (χ0v) is 15.1. The van der Waals surface area contributed by atoms with Gasteiger partial charge in [0.15, 0.2) is 0 Å². The first-order valence-corrected chi connectivity index (χ1v) is 8.72. The lowest BCUT2D eigenvalue weighted by molar-refractivity contribution is 0.302. The number of hydrogen-bond donors (Lipinski definition) is 2. The molecule has 3 nitrogen and oxygen atoms in total. The molecule has 21 heavy (non-hydrogen) atoms. The normalized spacial score (nSPS) is 15.8. The van der Waals surface area contributed by atoms with Crippen molar-refractivity contribution in [1.82, 2.24) is 5.43 Å². The van der Waals surface area contributed by atoms with Crippen molar-refractivity contribution in [1.29, 1.82) is 0 Å². The number of nitrogens with two attached hydrogens (primary N) is 1. The van der Waals surface area contributed by atoms with E-state index >= 15 is 0 Å². The highest BCUT2D eigenvalue weighted by Gasteiger charge is 2.24. The number of hydrazine groups is 1. The minimum absolute atomic E-state index is 0.0582. The van der Waals surface area contributed by atoms with Gasteiger partial charge in [0.2, 0.25) is 0 Å². The molecular weight excluding hydrogens is 443 g/mol. The van der Waals surface area contributed by atoms with Gasteiger partial charge in [-0.2, -0.15) is 0 Å². The maximum Gasteiger partial charge on any atom is 0.120 e. The summed E-state index contributed by atoms with van der Waals surface area (Å²) in [5.74, 6) is 6.73. The third-order valence-corrected chi connectivity index (χ3v) is 4.93. The second-order valence-electron chi connectivity index (χ2n) is 5.16. The van der Waals surface area contributed by atoms with Crippen molar-refractivity contribution in [3.05, 3.63) is 61.6 Å². The maximum absolute atomic E-state index is 5.87. The molecule has 2 aromatic carbocycles. The van der Waals surface area contributed by atoms with Crippen LogP contribution in [0, 0.1) is 3.57 Å². The third-order valence-electron chi connectivity index (χ3n) is 3.45. The van der Waals surface area contributed by atoms with Crippen molar-refractivity contribution in [2.24, 2.45) is 5.84 Å². The van der Waals surface area contributed by atoms with E-state index in [1.54, 1.807) is 0 Å². The highest BCUT2D eigenvalue weighted by Crippen LogP contribution is 2.32. The Labute approximate surface area is 146 Å². The van der Waals surface area contributed by atoms with Crippen LogP contribution in [0.25, 0.3) is 0 Å². The van der Waals surface area contributed by atoms with Crippen LogP contribution in [0.15, 0.2) is 46.9 Å². The van der Waals surface area contributed by atoms with E-state index in [1.165, 1.54) is 3.57 Å². The van der Waals surface area contributed by atoms with E-state index in [-0.39, 0.29) is 6.04 Å². The summed E-state index contributed by atoms with van der Waals surface area (Å²) in [6, 6.07) is 14.3. The predicted octanol–water partition coefficient (Wildman–Crippen LogP) is 4.15. The number of hydrogen-bond acceptors (Lipinski definition) is 3. The van der Waals surface area contributed by atoms with Gasteiger partial charge in [-0.15, -0.1) is 0 Å². The van der Waals surface area contributed by atoms with Crippen LogP contribution in [-0.4, -0.2) is 6.10 Å². The van der Waals surface area contributed by atoms with Crippen molar-refractivity contribution in [3.63, 3.8) is 0 Å². The zero-order valence-electron chi connectivity index (χ0n) is 11.4. The Kier molecular flexibility index (Phi) is 4.83. The Hall–Kier alpha value is -0.630. The molecule has 0 bridgehead atoms. The van der Waals surface area contributed by atoms with Crippen molar-refractivity contribution in [2.45, 2.75) is 25.0 Å². The van der Waals surface area contributed by atoms with Crippen LogP contribution in [0.3, 0.4) is 0 Å². The smallest absolute Gasteiger partial charge is 0.120 e. The summed E-state index contributed by atoms with van der Waals surface area (Å²) in [6.45, 7) is 0. The molecule has 0 saturated heterocycles. The molecule has 0 radical (unpaired) electrons.